The van der Waals surface area contributed by atoms with Crippen LogP contribution in [0.25, 0.3) is 0 Å². The van der Waals surface area contributed by atoms with Crippen molar-refractivity contribution in [3.63, 3.8) is 0 Å². The van der Waals surface area contributed by atoms with Gasteiger partial charge < -0.3 is 9.47 Å². The van der Waals surface area contributed by atoms with Crippen LogP contribution in [0.1, 0.15) is 40.2 Å². The maximum atomic E-state index is 11.7. The van der Waals surface area contributed by atoms with Gasteiger partial charge in [-0.25, -0.2) is 9.78 Å². The van der Waals surface area contributed by atoms with Gasteiger partial charge in [0.2, 0.25) is 0 Å². The topological polar surface area (TPSA) is 60.5 Å². The SMILES string of the molecule is CC.CC(C)(C)OC(=O)Nc1cc(OCc2ccccc2)ccn1. The van der Waals surface area contributed by atoms with E-state index >= 15 is 0 Å². The largest absolute Gasteiger partial charge is 0.489 e. The number of pyridine rings is 1. The van der Waals surface area contributed by atoms with Gasteiger partial charge in [-0.2, -0.15) is 0 Å². The van der Waals surface area contributed by atoms with E-state index in [1.54, 1.807) is 39.1 Å². The number of benzene rings is 1. The van der Waals surface area contributed by atoms with Crippen LogP contribution in [-0.4, -0.2) is 16.7 Å². The number of carbonyl (C=O) groups excluding carboxylic acids is 1. The second kappa shape index (κ2) is 9.55. The molecule has 0 fully saturated rings. The molecule has 0 bridgehead atoms. The van der Waals surface area contributed by atoms with E-state index in [9.17, 15) is 4.79 Å². The van der Waals surface area contributed by atoms with Crippen molar-refractivity contribution in [1.82, 2.24) is 4.98 Å². The lowest BCUT2D eigenvalue weighted by molar-refractivity contribution is 0.0635. The molecule has 0 aliphatic rings. The van der Waals surface area contributed by atoms with E-state index in [4.69, 9.17) is 9.47 Å². The van der Waals surface area contributed by atoms with Crippen molar-refractivity contribution >= 4 is 11.9 Å². The normalized spacial score (nSPS) is 10.2. The molecule has 0 unspecified atom stereocenters. The minimum absolute atomic E-state index is 0.389. The van der Waals surface area contributed by atoms with Crippen LogP contribution >= 0.6 is 0 Å². The second-order valence-corrected chi connectivity index (χ2v) is 5.78. The summed E-state index contributed by atoms with van der Waals surface area (Å²) in [6, 6.07) is 13.2. The molecule has 1 aromatic heterocycles. The summed E-state index contributed by atoms with van der Waals surface area (Å²) in [5, 5.41) is 2.58. The maximum absolute atomic E-state index is 11.7. The van der Waals surface area contributed by atoms with E-state index in [1.807, 2.05) is 44.2 Å². The van der Waals surface area contributed by atoms with Gasteiger partial charge in [-0.3, -0.25) is 5.32 Å². The number of ether oxygens (including phenoxy) is 2. The molecule has 0 saturated carbocycles. The molecule has 5 nitrogen and oxygen atoms in total. The third-order valence-electron chi connectivity index (χ3n) is 2.61. The Kier molecular flexibility index (Phi) is 7.75. The monoisotopic (exact) mass is 330 g/mol. The Hall–Kier alpha value is -2.56. The highest BCUT2D eigenvalue weighted by Gasteiger charge is 2.16. The molecule has 0 spiro atoms. The van der Waals surface area contributed by atoms with Gasteiger partial charge in [-0.1, -0.05) is 44.2 Å². The molecule has 0 saturated heterocycles. The Balaban J connectivity index is 0.00000139. The minimum Gasteiger partial charge on any atom is -0.489 e. The van der Waals surface area contributed by atoms with E-state index in [2.05, 4.69) is 10.3 Å². The number of carbonyl (C=O) groups is 1. The van der Waals surface area contributed by atoms with Gasteiger partial charge >= 0.3 is 6.09 Å². The molecular formula is C19H26N2O3. The molecule has 1 aromatic carbocycles. The number of aromatic nitrogens is 1. The summed E-state index contributed by atoms with van der Waals surface area (Å²) in [5.74, 6) is 1.02. The Morgan fingerprint density at radius 2 is 1.79 bits per heavy atom. The predicted octanol–water partition coefficient (Wildman–Crippen LogP) is 5.03. The summed E-state index contributed by atoms with van der Waals surface area (Å²) < 4.78 is 10.9. The van der Waals surface area contributed by atoms with Crippen LogP contribution in [0.4, 0.5) is 10.6 Å². The molecule has 5 heteroatoms. The van der Waals surface area contributed by atoms with Gasteiger partial charge in [-0.05, 0) is 32.4 Å². The summed E-state index contributed by atoms with van der Waals surface area (Å²) in [6.45, 7) is 9.87. The minimum atomic E-state index is -0.550. The molecule has 1 amide bonds. The van der Waals surface area contributed by atoms with Crippen molar-refractivity contribution in [2.45, 2.75) is 46.8 Å². The molecule has 1 heterocycles. The zero-order valence-electron chi connectivity index (χ0n) is 15.0. The van der Waals surface area contributed by atoms with Crippen LogP contribution in [-0.2, 0) is 11.3 Å². The lowest BCUT2D eigenvalue weighted by Gasteiger charge is -2.19. The molecular weight excluding hydrogens is 304 g/mol. The van der Waals surface area contributed by atoms with Gasteiger partial charge in [0.15, 0.2) is 0 Å². The number of amides is 1. The Morgan fingerprint density at radius 1 is 1.12 bits per heavy atom. The van der Waals surface area contributed by atoms with Crippen molar-refractivity contribution in [3.8, 4) is 5.75 Å². The first kappa shape index (κ1) is 19.5. The maximum Gasteiger partial charge on any atom is 0.413 e. The van der Waals surface area contributed by atoms with Crippen LogP contribution in [0.2, 0.25) is 0 Å². The number of nitrogens with zero attached hydrogens (tertiary/aromatic N) is 1. The molecule has 2 rings (SSSR count). The fourth-order valence-electron chi connectivity index (χ4n) is 1.72. The number of nitrogens with one attached hydrogen (secondary N) is 1. The first-order valence-corrected chi connectivity index (χ1v) is 8.05. The van der Waals surface area contributed by atoms with Crippen molar-refractivity contribution in [2.24, 2.45) is 0 Å². The van der Waals surface area contributed by atoms with Crippen molar-refractivity contribution in [2.75, 3.05) is 5.32 Å². The van der Waals surface area contributed by atoms with Crippen molar-refractivity contribution in [3.05, 3.63) is 54.2 Å². The lowest BCUT2D eigenvalue weighted by atomic mass is 10.2. The van der Waals surface area contributed by atoms with E-state index in [1.165, 1.54) is 0 Å². The highest BCUT2D eigenvalue weighted by molar-refractivity contribution is 5.83. The third-order valence-corrected chi connectivity index (χ3v) is 2.61. The first-order chi connectivity index (χ1) is 11.4. The zero-order valence-corrected chi connectivity index (χ0v) is 15.0. The van der Waals surface area contributed by atoms with E-state index in [0.29, 0.717) is 18.2 Å². The van der Waals surface area contributed by atoms with Crippen LogP contribution in [0.5, 0.6) is 5.75 Å². The fraction of sp³-hybridized carbons (Fsp3) is 0.368. The molecule has 0 atom stereocenters. The molecule has 0 aliphatic heterocycles. The standard InChI is InChI=1S/C17H20N2O3.C2H6/c1-17(2,3)22-16(20)19-15-11-14(9-10-18-15)21-12-13-7-5-4-6-8-13;1-2/h4-11H,12H2,1-3H3,(H,18,19,20);1-2H3. The average molecular weight is 330 g/mol. The van der Waals surface area contributed by atoms with Crippen molar-refractivity contribution < 1.29 is 14.3 Å². The predicted molar refractivity (Wildman–Crippen MR) is 96.2 cm³/mol. The molecule has 0 radical (unpaired) electrons. The molecule has 2 aromatic rings. The van der Waals surface area contributed by atoms with Gasteiger partial charge in [0.1, 0.15) is 23.8 Å². The quantitative estimate of drug-likeness (QED) is 0.853. The highest BCUT2D eigenvalue weighted by atomic mass is 16.6. The van der Waals surface area contributed by atoms with Gasteiger partial charge in [0, 0.05) is 12.3 Å². The Morgan fingerprint density at radius 3 is 2.42 bits per heavy atom. The summed E-state index contributed by atoms with van der Waals surface area (Å²) in [4.78, 5) is 15.8. The van der Waals surface area contributed by atoms with E-state index in [0.717, 1.165) is 5.56 Å². The Bertz CT molecular complexity index is 622. The zero-order chi connectivity index (χ0) is 18.0. The first-order valence-electron chi connectivity index (χ1n) is 8.05. The van der Waals surface area contributed by atoms with Gasteiger partial charge in [-0.15, -0.1) is 0 Å². The van der Waals surface area contributed by atoms with Gasteiger partial charge in [0.25, 0.3) is 0 Å². The molecule has 0 aliphatic carbocycles. The van der Waals surface area contributed by atoms with E-state index < -0.39 is 11.7 Å². The number of anilines is 1. The molecule has 130 valence electrons. The summed E-state index contributed by atoms with van der Waals surface area (Å²) in [5.41, 5.74) is 0.520. The van der Waals surface area contributed by atoms with Crippen LogP contribution < -0.4 is 10.1 Å². The summed E-state index contributed by atoms with van der Waals surface area (Å²) in [7, 11) is 0. The van der Waals surface area contributed by atoms with Crippen LogP contribution in [0.3, 0.4) is 0 Å². The number of hydrogen-bond donors (Lipinski definition) is 1. The molecule has 1 N–H and O–H groups in total. The van der Waals surface area contributed by atoms with Crippen molar-refractivity contribution in [1.29, 1.82) is 0 Å². The average Bonchev–Trinajstić information content (AvgIpc) is 2.54. The fourth-order valence-corrected chi connectivity index (χ4v) is 1.72. The number of hydrogen-bond acceptors (Lipinski definition) is 4. The smallest absolute Gasteiger partial charge is 0.413 e. The number of rotatable bonds is 4. The summed E-state index contributed by atoms with van der Waals surface area (Å²) in [6.07, 6.45) is 1.03. The van der Waals surface area contributed by atoms with Gasteiger partial charge in [0.05, 0.1) is 0 Å². The second-order valence-electron chi connectivity index (χ2n) is 5.78. The Labute approximate surface area is 144 Å². The van der Waals surface area contributed by atoms with E-state index in [-0.39, 0.29) is 0 Å². The van der Waals surface area contributed by atoms with Crippen LogP contribution in [0, 0.1) is 0 Å². The third kappa shape index (κ3) is 7.63. The molecule has 24 heavy (non-hydrogen) atoms. The highest BCUT2D eigenvalue weighted by Crippen LogP contribution is 2.17. The lowest BCUT2D eigenvalue weighted by Crippen LogP contribution is -2.27. The summed E-state index contributed by atoms with van der Waals surface area (Å²) >= 11 is 0. The van der Waals surface area contributed by atoms with Crippen LogP contribution in [0.15, 0.2) is 48.7 Å².